The fourth-order valence-electron chi connectivity index (χ4n) is 2.67. The Morgan fingerprint density at radius 1 is 0.913 bits per heavy atom. The molecule has 4 aromatic rings. The third-order valence-corrected chi connectivity index (χ3v) is 3.65. The third-order valence-electron chi connectivity index (χ3n) is 3.65. The smallest absolute Gasteiger partial charge is 0.159 e. The lowest BCUT2D eigenvalue weighted by Gasteiger charge is -2.10. The first-order valence-electron chi connectivity index (χ1n) is 7.28. The van der Waals surface area contributed by atoms with Gasteiger partial charge in [0.1, 0.15) is 5.82 Å². The van der Waals surface area contributed by atoms with E-state index in [2.05, 4.69) is 24.9 Å². The Labute approximate surface area is 132 Å². The fraction of sp³-hybridized carbons (Fsp3) is 0.118. The SMILES string of the molecule is Cc1cnc(-n2ccnc2-c2cccc3nccnc23)c(C)n1. The average Bonchev–Trinajstić information content (AvgIpc) is 3.03. The minimum Gasteiger partial charge on any atom is -0.282 e. The number of aryl methyl sites for hydroxylation is 2. The second-order valence-electron chi connectivity index (χ2n) is 5.27. The van der Waals surface area contributed by atoms with Crippen molar-refractivity contribution in [2.24, 2.45) is 0 Å². The molecule has 0 radical (unpaired) electrons. The van der Waals surface area contributed by atoms with Crippen molar-refractivity contribution in [3.63, 3.8) is 0 Å². The third kappa shape index (κ3) is 2.24. The van der Waals surface area contributed by atoms with Gasteiger partial charge in [-0.25, -0.2) is 9.97 Å². The molecule has 0 unspecified atom stereocenters. The summed E-state index contributed by atoms with van der Waals surface area (Å²) in [5.74, 6) is 1.54. The quantitative estimate of drug-likeness (QED) is 0.569. The summed E-state index contributed by atoms with van der Waals surface area (Å²) in [5.41, 5.74) is 4.33. The second-order valence-corrected chi connectivity index (χ2v) is 5.27. The minimum atomic E-state index is 0.768. The van der Waals surface area contributed by atoms with E-state index in [-0.39, 0.29) is 0 Å². The van der Waals surface area contributed by atoms with E-state index in [1.807, 2.05) is 42.8 Å². The zero-order valence-electron chi connectivity index (χ0n) is 12.8. The molecule has 1 aromatic carbocycles. The molecule has 0 bridgehead atoms. The molecular formula is C17H14N6. The largest absolute Gasteiger partial charge is 0.282 e. The lowest BCUT2D eigenvalue weighted by molar-refractivity contribution is 0.931. The van der Waals surface area contributed by atoms with Crippen molar-refractivity contribution in [2.75, 3.05) is 0 Å². The Bertz CT molecular complexity index is 1000. The number of hydrogen-bond donors (Lipinski definition) is 0. The van der Waals surface area contributed by atoms with E-state index in [0.717, 1.165) is 39.6 Å². The normalized spacial score (nSPS) is 11.0. The van der Waals surface area contributed by atoms with Crippen LogP contribution in [0.5, 0.6) is 0 Å². The molecule has 0 fully saturated rings. The fourth-order valence-corrected chi connectivity index (χ4v) is 2.67. The number of rotatable bonds is 2. The van der Waals surface area contributed by atoms with Gasteiger partial charge in [0.2, 0.25) is 0 Å². The highest BCUT2D eigenvalue weighted by molar-refractivity contribution is 5.89. The first-order valence-corrected chi connectivity index (χ1v) is 7.28. The highest BCUT2D eigenvalue weighted by Gasteiger charge is 2.14. The lowest BCUT2D eigenvalue weighted by Crippen LogP contribution is -2.04. The van der Waals surface area contributed by atoms with Gasteiger partial charge in [-0.3, -0.25) is 19.5 Å². The van der Waals surface area contributed by atoms with Gasteiger partial charge in [0.15, 0.2) is 5.82 Å². The first-order chi connectivity index (χ1) is 11.2. The summed E-state index contributed by atoms with van der Waals surface area (Å²) in [4.78, 5) is 22.3. The van der Waals surface area contributed by atoms with Crippen LogP contribution in [-0.2, 0) is 0 Å². The first kappa shape index (κ1) is 13.5. The van der Waals surface area contributed by atoms with Gasteiger partial charge in [-0.05, 0) is 26.0 Å². The number of benzene rings is 1. The molecule has 0 amide bonds. The van der Waals surface area contributed by atoms with Crippen molar-refractivity contribution < 1.29 is 0 Å². The molecule has 0 aliphatic carbocycles. The maximum Gasteiger partial charge on any atom is 0.159 e. The second kappa shape index (κ2) is 5.24. The highest BCUT2D eigenvalue weighted by Crippen LogP contribution is 2.26. The summed E-state index contributed by atoms with van der Waals surface area (Å²) in [5, 5.41) is 0. The molecule has 112 valence electrons. The van der Waals surface area contributed by atoms with Gasteiger partial charge in [-0.15, -0.1) is 0 Å². The van der Waals surface area contributed by atoms with Gasteiger partial charge in [0.25, 0.3) is 0 Å². The van der Waals surface area contributed by atoms with Crippen LogP contribution in [0.15, 0.2) is 49.2 Å². The number of fused-ring (bicyclic) bond motifs is 1. The highest BCUT2D eigenvalue weighted by atomic mass is 15.1. The summed E-state index contributed by atoms with van der Waals surface area (Å²) >= 11 is 0. The molecule has 3 aromatic heterocycles. The van der Waals surface area contributed by atoms with Crippen molar-refractivity contribution in [3.8, 4) is 17.2 Å². The van der Waals surface area contributed by atoms with E-state index < -0.39 is 0 Å². The van der Waals surface area contributed by atoms with Crippen molar-refractivity contribution >= 4 is 11.0 Å². The summed E-state index contributed by atoms with van der Waals surface area (Å²) < 4.78 is 1.94. The van der Waals surface area contributed by atoms with Crippen LogP contribution in [0.2, 0.25) is 0 Å². The van der Waals surface area contributed by atoms with Gasteiger partial charge in [-0.2, -0.15) is 0 Å². The topological polar surface area (TPSA) is 69.4 Å². The molecule has 0 aliphatic rings. The predicted molar refractivity (Wildman–Crippen MR) is 87.2 cm³/mol. The number of nitrogens with zero attached hydrogens (tertiary/aromatic N) is 6. The van der Waals surface area contributed by atoms with E-state index in [9.17, 15) is 0 Å². The molecule has 0 atom stereocenters. The van der Waals surface area contributed by atoms with Crippen LogP contribution in [0.25, 0.3) is 28.2 Å². The van der Waals surface area contributed by atoms with Gasteiger partial charge < -0.3 is 0 Å². The van der Waals surface area contributed by atoms with Crippen molar-refractivity contribution in [2.45, 2.75) is 13.8 Å². The van der Waals surface area contributed by atoms with Crippen molar-refractivity contribution in [1.29, 1.82) is 0 Å². The summed E-state index contributed by atoms with van der Waals surface area (Å²) in [6, 6.07) is 5.89. The average molecular weight is 302 g/mol. The number of hydrogen-bond acceptors (Lipinski definition) is 5. The molecule has 6 heteroatoms. The Hall–Kier alpha value is -3.15. The monoisotopic (exact) mass is 302 g/mol. The van der Waals surface area contributed by atoms with E-state index >= 15 is 0 Å². The van der Waals surface area contributed by atoms with E-state index in [1.165, 1.54) is 0 Å². The van der Waals surface area contributed by atoms with Gasteiger partial charge >= 0.3 is 0 Å². The van der Waals surface area contributed by atoms with Gasteiger partial charge in [0, 0.05) is 30.4 Å². The predicted octanol–water partition coefficient (Wildman–Crippen LogP) is 2.89. The Balaban J connectivity index is 1.96. The molecule has 6 nitrogen and oxygen atoms in total. The van der Waals surface area contributed by atoms with Crippen LogP contribution in [0, 0.1) is 13.8 Å². The maximum atomic E-state index is 4.51. The molecule has 4 rings (SSSR count). The van der Waals surface area contributed by atoms with Crippen molar-refractivity contribution in [1.82, 2.24) is 29.5 Å². The van der Waals surface area contributed by atoms with E-state index in [4.69, 9.17) is 0 Å². The van der Waals surface area contributed by atoms with Crippen LogP contribution in [0.3, 0.4) is 0 Å². The van der Waals surface area contributed by atoms with E-state index in [1.54, 1.807) is 24.8 Å². The van der Waals surface area contributed by atoms with Crippen LogP contribution in [0.1, 0.15) is 11.4 Å². The zero-order chi connectivity index (χ0) is 15.8. The Kier molecular flexibility index (Phi) is 3.08. The maximum absolute atomic E-state index is 4.51. The lowest BCUT2D eigenvalue weighted by atomic mass is 10.1. The molecule has 0 N–H and O–H groups in total. The summed E-state index contributed by atoms with van der Waals surface area (Å²) in [6.07, 6.45) is 8.78. The summed E-state index contributed by atoms with van der Waals surface area (Å²) in [7, 11) is 0. The van der Waals surface area contributed by atoms with Crippen LogP contribution < -0.4 is 0 Å². The number of para-hydroxylation sites is 1. The number of aromatic nitrogens is 6. The van der Waals surface area contributed by atoms with Crippen LogP contribution in [0.4, 0.5) is 0 Å². The number of imidazole rings is 1. The van der Waals surface area contributed by atoms with Crippen LogP contribution in [-0.4, -0.2) is 29.5 Å². The molecule has 0 aliphatic heterocycles. The van der Waals surface area contributed by atoms with Crippen LogP contribution >= 0.6 is 0 Å². The molecule has 0 spiro atoms. The zero-order valence-corrected chi connectivity index (χ0v) is 12.8. The molecule has 23 heavy (non-hydrogen) atoms. The molecule has 3 heterocycles. The Morgan fingerprint density at radius 3 is 2.65 bits per heavy atom. The molecular weight excluding hydrogens is 288 g/mol. The Morgan fingerprint density at radius 2 is 1.78 bits per heavy atom. The summed E-state index contributed by atoms with van der Waals surface area (Å²) in [6.45, 7) is 3.88. The van der Waals surface area contributed by atoms with Gasteiger partial charge in [0.05, 0.1) is 28.6 Å². The van der Waals surface area contributed by atoms with Crippen molar-refractivity contribution in [3.05, 3.63) is 60.6 Å². The minimum absolute atomic E-state index is 0.768. The van der Waals surface area contributed by atoms with Gasteiger partial charge in [-0.1, -0.05) is 6.07 Å². The molecule has 0 saturated heterocycles. The van der Waals surface area contributed by atoms with E-state index in [0.29, 0.717) is 0 Å². The standard InChI is InChI=1S/C17H14N6/c1-11-10-21-16(12(2)22-11)23-9-8-20-17(23)13-4-3-5-14-15(13)19-7-6-18-14/h3-10H,1-2H3. The molecule has 0 saturated carbocycles.